The molecule has 0 radical (unpaired) electrons. The number of aromatic nitrogens is 1. The molecule has 0 saturated carbocycles. The van der Waals surface area contributed by atoms with Crippen LogP contribution >= 0.6 is 0 Å². The summed E-state index contributed by atoms with van der Waals surface area (Å²) in [6.45, 7) is 0. The molecule has 0 fully saturated rings. The van der Waals surface area contributed by atoms with Gasteiger partial charge in [-0.15, -0.1) is 0 Å². The number of carbonyl (C=O) groups is 1. The molecule has 86 valence electrons. The van der Waals surface area contributed by atoms with Crippen LogP contribution in [0.5, 0.6) is 0 Å². The summed E-state index contributed by atoms with van der Waals surface area (Å²) >= 11 is 0. The fourth-order valence-corrected chi connectivity index (χ4v) is 1.36. The van der Waals surface area contributed by atoms with Crippen LogP contribution in [0, 0.1) is 17.5 Å². The van der Waals surface area contributed by atoms with Gasteiger partial charge in [-0.3, -0.25) is 4.79 Å². The van der Waals surface area contributed by atoms with Gasteiger partial charge in [0, 0.05) is 6.20 Å². The predicted molar refractivity (Wildman–Crippen MR) is 54.0 cm³/mol. The van der Waals surface area contributed by atoms with Gasteiger partial charge in [-0.25, -0.2) is 18.2 Å². The molecule has 17 heavy (non-hydrogen) atoms. The van der Waals surface area contributed by atoms with Gasteiger partial charge in [0.2, 0.25) is 5.78 Å². The van der Waals surface area contributed by atoms with Crippen molar-refractivity contribution in [2.45, 2.75) is 0 Å². The first-order valence-corrected chi connectivity index (χ1v) is 4.70. The summed E-state index contributed by atoms with van der Waals surface area (Å²) in [5.74, 6) is -4.32. The van der Waals surface area contributed by atoms with Crippen molar-refractivity contribution in [3.8, 4) is 0 Å². The lowest BCUT2D eigenvalue weighted by Gasteiger charge is -2.03. The smallest absolute Gasteiger partial charge is 0.217 e. The number of hydrogen-bond donors (Lipinski definition) is 0. The van der Waals surface area contributed by atoms with Crippen LogP contribution in [0.3, 0.4) is 0 Å². The number of hydrogen-bond acceptors (Lipinski definition) is 2. The molecule has 0 aliphatic heterocycles. The fourth-order valence-electron chi connectivity index (χ4n) is 1.36. The van der Waals surface area contributed by atoms with Crippen molar-refractivity contribution in [1.82, 2.24) is 4.98 Å². The quantitative estimate of drug-likeness (QED) is 0.751. The van der Waals surface area contributed by atoms with E-state index >= 15 is 0 Å². The van der Waals surface area contributed by atoms with E-state index in [-0.39, 0.29) is 0 Å². The first-order valence-electron chi connectivity index (χ1n) is 4.70. The van der Waals surface area contributed by atoms with Crippen LogP contribution in [-0.4, -0.2) is 10.8 Å². The lowest BCUT2D eigenvalue weighted by Crippen LogP contribution is -2.09. The Morgan fingerprint density at radius 1 is 1.00 bits per heavy atom. The van der Waals surface area contributed by atoms with Crippen LogP contribution < -0.4 is 0 Å². The van der Waals surface area contributed by atoms with E-state index in [9.17, 15) is 18.0 Å². The van der Waals surface area contributed by atoms with Gasteiger partial charge in [0.1, 0.15) is 5.69 Å². The average molecular weight is 237 g/mol. The second-order valence-corrected chi connectivity index (χ2v) is 3.26. The predicted octanol–water partition coefficient (Wildman–Crippen LogP) is 2.73. The van der Waals surface area contributed by atoms with Crippen molar-refractivity contribution in [1.29, 1.82) is 0 Å². The Morgan fingerprint density at radius 2 is 1.71 bits per heavy atom. The van der Waals surface area contributed by atoms with Gasteiger partial charge in [0.15, 0.2) is 17.5 Å². The molecule has 2 aromatic rings. The minimum absolute atomic E-state index is 0.531. The van der Waals surface area contributed by atoms with E-state index in [0.717, 1.165) is 18.2 Å². The summed E-state index contributed by atoms with van der Waals surface area (Å²) < 4.78 is 39.5. The molecule has 0 aliphatic carbocycles. The molecular formula is C12H6F3NO. The molecule has 2 rings (SSSR count). The lowest BCUT2D eigenvalue weighted by molar-refractivity contribution is 0.102. The van der Waals surface area contributed by atoms with Crippen molar-refractivity contribution in [3.63, 3.8) is 0 Å². The van der Waals surface area contributed by atoms with Gasteiger partial charge in [-0.2, -0.15) is 0 Å². The van der Waals surface area contributed by atoms with Crippen LogP contribution in [-0.2, 0) is 0 Å². The molecule has 0 amide bonds. The molecule has 2 nitrogen and oxygen atoms in total. The molecule has 0 saturated heterocycles. The lowest BCUT2D eigenvalue weighted by atomic mass is 10.1. The zero-order valence-corrected chi connectivity index (χ0v) is 8.45. The molecular weight excluding hydrogens is 231 g/mol. The molecule has 5 heteroatoms. The summed E-state index contributed by atoms with van der Waals surface area (Å²) in [6, 6.07) is 5.45. The summed E-state index contributed by atoms with van der Waals surface area (Å²) in [5, 5.41) is 0. The number of halogens is 3. The van der Waals surface area contributed by atoms with Crippen LogP contribution in [0.15, 0.2) is 36.5 Å². The first kappa shape index (κ1) is 11.3. The third-order valence-electron chi connectivity index (χ3n) is 2.17. The molecule has 0 N–H and O–H groups in total. The van der Waals surface area contributed by atoms with E-state index in [4.69, 9.17) is 0 Å². The van der Waals surface area contributed by atoms with Crippen molar-refractivity contribution < 1.29 is 18.0 Å². The third kappa shape index (κ3) is 2.04. The standard InChI is InChI=1S/C12H6F3NO/c13-8-4-1-3-7(10(8)15)12(17)11-9(14)5-2-6-16-11/h1-6H. The fraction of sp³-hybridized carbons (Fsp3) is 0. The zero-order chi connectivity index (χ0) is 12.4. The van der Waals surface area contributed by atoms with E-state index in [0.29, 0.717) is 0 Å². The zero-order valence-electron chi connectivity index (χ0n) is 8.45. The van der Waals surface area contributed by atoms with Crippen LogP contribution in [0.1, 0.15) is 16.1 Å². The highest BCUT2D eigenvalue weighted by Gasteiger charge is 2.20. The van der Waals surface area contributed by atoms with Crippen molar-refractivity contribution in [2.75, 3.05) is 0 Å². The van der Waals surface area contributed by atoms with Gasteiger partial charge >= 0.3 is 0 Å². The van der Waals surface area contributed by atoms with Gasteiger partial charge in [0.25, 0.3) is 0 Å². The highest BCUT2D eigenvalue weighted by atomic mass is 19.2. The first-order chi connectivity index (χ1) is 8.11. The molecule has 0 atom stereocenters. The Bertz CT molecular complexity index is 584. The minimum Gasteiger partial charge on any atom is -0.287 e. The Morgan fingerprint density at radius 3 is 2.41 bits per heavy atom. The maximum Gasteiger partial charge on any atom is 0.217 e. The number of carbonyl (C=O) groups excluding carboxylic acids is 1. The van der Waals surface area contributed by atoms with E-state index < -0.39 is 34.5 Å². The second kappa shape index (κ2) is 4.37. The number of ketones is 1. The Labute approximate surface area is 94.7 Å². The van der Waals surface area contributed by atoms with Crippen molar-refractivity contribution in [2.24, 2.45) is 0 Å². The monoisotopic (exact) mass is 237 g/mol. The molecule has 1 heterocycles. The largest absolute Gasteiger partial charge is 0.287 e. The van der Waals surface area contributed by atoms with E-state index in [2.05, 4.69) is 4.98 Å². The highest BCUT2D eigenvalue weighted by Crippen LogP contribution is 2.16. The van der Waals surface area contributed by atoms with Gasteiger partial charge in [0.05, 0.1) is 5.56 Å². The molecule has 0 aliphatic rings. The maximum absolute atomic E-state index is 13.3. The van der Waals surface area contributed by atoms with Crippen LogP contribution in [0.4, 0.5) is 13.2 Å². The molecule has 0 bridgehead atoms. The number of pyridine rings is 1. The number of benzene rings is 1. The normalized spacial score (nSPS) is 10.3. The molecule has 0 unspecified atom stereocenters. The van der Waals surface area contributed by atoms with Gasteiger partial charge in [-0.1, -0.05) is 6.07 Å². The third-order valence-corrected chi connectivity index (χ3v) is 2.17. The molecule has 1 aromatic heterocycles. The molecule has 1 aromatic carbocycles. The van der Waals surface area contributed by atoms with E-state index in [1.807, 2.05) is 0 Å². The van der Waals surface area contributed by atoms with Crippen LogP contribution in [0.2, 0.25) is 0 Å². The summed E-state index contributed by atoms with van der Waals surface area (Å²) in [4.78, 5) is 15.2. The topological polar surface area (TPSA) is 30.0 Å². The summed E-state index contributed by atoms with van der Waals surface area (Å²) in [5.41, 5.74) is -1.07. The summed E-state index contributed by atoms with van der Waals surface area (Å²) in [7, 11) is 0. The Hall–Kier alpha value is -2.17. The van der Waals surface area contributed by atoms with Crippen molar-refractivity contribution in [3.05, 3.63) is 65.2 Å². The maximum atomic E-state index is 13.3. The minimum atomic E-state index is -1.30. The van der Waals surface area contributed by atoms with E-state index in [1.54, 1.807) is 0 Å². The summed E-state index contributed by atoms with van der Waals surface area (Å²) in [6.07, 6.45) is 1.20. The number of nitrogens with zero attached hydrogens (tertiary/aromatic N) is 1. The Kier molecular flexibility index (Phi) is 2.91. The Balaban J connectivity index is 2.52. The van der Waals surface area contributed by atoms with Crippen LogP contribution in [0.25, 0.3) is 0 Å². The molecule has 0 spiro atoms. The van der Waals surface area contributed by atoms with Gasteiger partial charge in [-0.05, 0) is 24.3 Å². The SMILES string of the molecule is O=C(c1cccc(F)c1F)c1ncccc1F. The van der Waals surface area contributed by atoms with Gasteiger partial charge < -0.3 is 0 Å². The average Bonchev–Trinajstić information content (AvgIpc) is 2.32. The van der Waals surface area contributed by atoms with E-state index in [1.165, 1.54) is 18.3 Å². The number of rotatable bonds is 2. The second-order valence-electron chi connectivity index (χ2n) is 3.26. The highest BCUT2D eigenvalue weighted by molar-refractivity contribution is 6.08. The van der Waals surface area contributed by atoms with Crippen molar-refractivity contribution >= 4 is 5.78 Å².